The molecule has 0 unspecified atom stereocenters. The molecule has 7 nitrogen and oxygen atoms in total. The third-order valence-corrected chi connectivity index (χ3v) is 4.19. The first-order chi connectivity index (χ1) is 11.9. The van der Waals surface area contributed by atoms with E-state index in [9.17, 15) is 19.7 Å². The summed E-state index contributed by atoms with van der Waals surface area (Å²) in [6.07, 6.45) is 0.196. The molecule has 0 bridgehead atoms. The van der Waals surface area contributed by atoms with Gasteiger partial charge in [-0.15, -0.1) is 0 Å². The van der Waals surface area contributed by atoms with Crippen LogP contribution in [0.2, 0.25) is 5.02 Å². The monoisotopic (exact) mass is 359 g/mol. The summed E-state index contributed by atoms with van der Waals surface area (Å²) in [4.78, 5) is 36.1. The minimum Gasteiger partial charge on any atom is -0.347 e. The highest BCUT2D eigenvalue weighted by Gasteiger charge is 2.31. The molecule has 2 aromatic rings. The zero-order valence-electron chi connectivity index (χ0n) is 13.0. The van der Waals surface area contributed by atoms with E-state index in [1.54, 1.807) is 29.2 Å². The Morgan fingerprint density at radius 1 is 1.16 bits per heavy atom. The second-order valence-electron chi connectivity index (χ2n) is 5.66. The van der Waals surface area contributed by atoms with Crippen molar-refractivity contribution >= 4 is 34.8 Å². The van der Waals surface area contributed by atoms with Gasteiger partial charge in [-0.3, -0.25) is 19.7 Å². The summed E-state index contributed by atoms with van der Waals surface area (Å²) in [5, 5.41) is 14.0. The molecule has 1 saturated heterocycles. The average Bonchev–Trinajstić information content (AvgIpc) is 2.96. The Morgan fingerprint density at radius 3 is 2.40 bits per heavy atom. The second-order valence-corrected chi connectivity index (χ2v) is 6.10. The van der Waals surface area contributed by atoms with E-state index in [2.05, 4.69) is 5.32 Å². The lowest BCUT2D eigenvalue weighted by Crippen LogP contribution is -2.37. The largest absolute Gasteiger partial charge is 0.347 e. The van der Waals surface area contributed by atoms with Crippen molar-refractivity contribution < 1.29 is 14.5 Å². The Kier molecular flexibility index (Phi) is 4.67. The summed E-state index contributed by atoms with van der Waals surface area (Å²) in [5.41, 5.74) is 0.950. The van der Waals surface area contributed by atoms with Crippen molar-refractivity contribution in [1.82, 2.24) is 5.32 Å². The first-order valence-corrected chi connectivity index (χ1v) is 7.93. The summed E-state index contributed by atoms with van der Waals surface area (Å²) in [6.45, 7) is 0.360. The van der Waals surface area contributed by atoms with Crippen molar-refractivity contribution in [3.05, 3.63) is 69.2 Å². The molecule has 128 valence electrons. The van der Waals surface area contributed by atoms with Gasteiger partial charge in [0.15, 0.2) is 0 Å². The fraction of sp³-hybridized carbons (Fsp3) is 0.176. The van der Waals surface area contributed by atoms with E-state index < -0.39 is 4.92 Å². The van der Waals surface area contributed by atoms with Gasteiger partial charge in [-0.05, 0) is 36.4 Å². The van der Waals surface area contributed by atoms with Crippen LogP contribution in [0.25, 0.3) is 0 Å². The summed E-state index contributed by atoms with van der Waals surface area (Å²) in [5.74, 6) is -0.457. The topological polar surface area (TPSA) is 92.6 Å². The molecule has 0 saturated carbocycles. The van der Waals surface area contributed by atoms with Crippen molar-refractivity contribution in [3.8, 4) is 0 Å². The minimum atomic E-state index is -0.526. The molecule has 2 amide bonds. The van der Waals surface area contributed by atoms with Gasteiger partial charge in [-0.25, -0.2) is 0 Å². The fourth-order valence-electron chi connectivity index (χ4n) is 2.68. The van der Waals surface area contributed by atoms with Crippen molar-refractivity contribution in [3.63, 3.8) is 0 Å². The number of amides is 2. The van der Waals surface area contributed by atoms with Crippen LogP contribution in [0.5, 0.6) is 0 Å². The van der Waals surface area contributed by atoms with E-state index in [4.69, 9.17) is 11.6 Å². The van der Waals surface area contributed by atoms with Crippen LogP contribution in [-0.4, -0.2) is 29.3 Å². The molecule has 0 spiro atoms. The number of non-ortho nitro benzene ring substituents is 1. The van der Waals surface area contributed by atoms with E-state index in [0.717, 1.165) is 5.69 Å². The number of hydrogen-bond acceptors (Lipinski definition) is 4. The molecular weight excluding hydrogens is 346 g/mol. The number of nitro benzene ring substituents is 1. The van der Waals surface area contributed by atoms with Gasteiger partial charge in [0, 0.05) is 41.4 Å². The van der Waals surface area contributed by atoms with Crippen LogP contribution in [0.3, 0.4) is 0 Å². The van der Waals surface area contributed by atoms with E-state index in [0.29, 0.717) is 17.1 Å². The third-order valence-electron chi connectivity index (χ3n) is 3.94. The Bertz CT molecular complexity index is 821. The highest BCUT2D eigenvalue weighted by atomic mass is 35.5. The number of carbonyl (C=O) groups is 2. The Morgan fingerprint density at radius 2 is 1.80 bits per heavy atom. The number of benzene rings is 2. The molecule has 1 fully saturated rings. The molecule has 2 aromatic carbocycles. The number of nitrogens with zero attached hydrogens (tertiary/aromatic N) is 2. The van der Waals surface area contributed by atoms with Gasteiger partial charge in [0.25, 0.3) is 11.6 Å². The molecule has 0 aromatic heterocycles. The molecule has 1 heterocycles. The first kappa shape index (κ1) is 16.9. The quantitative estimate of drug-likeness (QED) is 0.671. The van der Waals surface area contributed by atoms with Gasteiger partial charge < -0.3 is 10.2 Å². The van der Waals surface area contributed by atoms with Crippen LogP contribution in [0.1, 0.15) is 16.8 Å². The van der Waals surface area contributed by atoms with E-state index in [-0.39, 0.29) is 30.0 Å². The van der Waals surface area contributed by atoms with Crippen LogP contribution in [-0.2, 0) is 4.79 Å². The predicted molar refractivity (Wildman–Crippen MR) is 92.8 cm³/mol. The van der Waals surface area contributed by atoms with Crippen LogP contribution in [0.15, 0.2) is 48.5 Å². The maximum absolute atomic E-state index is 12.2. The molecule has 0 radical (unpaired) electrons. The van der Waals surface area contributed by atoms with Gasteiger partial charge >= 0.3 is 0 Å². The van der Waals surface area contributed by atoms with Crippen molar-refractivity contribution in [2.45, 2.75) is 12.5 Å². The van der Waals surface area contributed by atoms with Gasteiger partial charge in [-0.1, -0.05) is 11.6 Å². The van der Waals surface area contributed by atoms with Crippen molar-refractivity contribution in [2.24, 2.45) is 0 Å². The average molecular weight is 360 g/mol. The summed E-state index contributed by atoms with van der Waals surface area (Å²) in [7, 11) is 0. The van der Waals surface area contributed by atoms with Crippen LogP contribution in [0, 0.1) is 10.1 Å². The Labute approximate surface area is 148 Å². The standard InChI is InChI=1S/C17H14ClN3O4/c18-12-3-7-14(8-4-12)20-10-13(9-16(20)22)19-17(23)11-1-5-15(6-2-11)21(24)25/h1-8,13H,9-10H2,(H,19,23)/t13-/m0/s1. The molecule has 1 N–H and O–H groups in total. The zero-order valence-corrected chi connectivity index (χ0v) is 13.8. The molecule has 1 atom stereocenters. The lowest BCUT2D eigenvalue weighted by molar-refractivity contribution is -0.384. The fourth-order valence-corrected chi connectivity index (χ4v) is 2.80. The van der Waals surface area contributed by atoms with E-state index in [1.807, 2.05) is 0 Å². The normalized spacial score (nSPS) is 16.8. The number of rotatable bonds is 4. The predicted octanol–water partition coefficient (Wildman–Crippen LogP) is 2.78. The van der Waals surface area contributed by atoms with E-state index in [1.165, 1.54) is 24.3 Å². The second kappa shape index (κ2) is 6.90. The SMILES string of the molecule is O=C(N[C@H]1CC(=O)N(c2ccc(Cl)cc2)C1)c1ccc([N+](=O)[O-])cc1. The summed E-state index contributed by atoms with van der Waals surface area (Å²) < 4.78 is 0. The minimum absolute atomic E-state index is 0.0819. The highest BCUT2D eigenvalue weighted by molar-refractivity contribution is 6.30. The number of carbonyl (C=O) groups excluding carboxylic acids is 2. The first-order valence-electron chi connectivity index (χ1n) is 7.55. The number of nitro groups is 1. The molecule has 8 heteroatoms. The third kappa shape index (κ3) is 3.77. The molecule has 1 aliphatic heterocycles. The van der Waals surface area contributed by atoms with Gasteiger partial charge in [-0.2, -0.15) is 0 Å². The number of anilines is 1. The van der Waals surface area contributed by atoms with Gasteiger partial charge in [0.2, 0.25) is 5.91 Å². The number of hydrogen-bond donors (Lipinski definition) is 1. The zero-order chi connectivity index (χ0) is 18.0. The van der Waals surface area contributed by atoms with Crippen molar-refractivity contribution in [2.75, 3.05) is 11.4 Å². The van der Waals surface area contributed by atoms with Crippen LogP contribution >= 0.6 is 11.6 Å². The molecule has 3 rings (SSSR count). The van der Waals surface area contributed by atoms with Gasteiger partial charge in [0.05, 0.1) is 11.0 Å². The van der Waals surface area contributed by atoms with Gasteiger partial charge in [0.1, 0.15) is 0 Å². The maximum atomic E-state index is 12.2. The summed E-state index contributed by atoms with van der Waals surface area (Å²) in [6, 6.07) is 11.9. The number of nitrogens with one attached hydrogen (secondary N) is 1. The van der Waals surface area contributed by atoms with Crippen LogP contribution in [0.4, 0.5) is 11.4 Å². The Balaban J connectivity index is 1.65. The molecule has 1 aliphatic rings. The van der Waals surface area contributed by atoms with Crippen LogP contribution < -0.4 is 10.2 Å². The summed E-state index contributed by atoms with van der Waals surface area (Å²) >= 11 is 5.85. The molecule has 0 aliphatic carbocycles. The molecule has 25 heavy (non-hydrogen) atoms. The van der Waals surface area contributed by atoms with E-state index >= 15 is 0 Å². The molecular formula is C17H14ClN3O4. The highest BCUT2D eigenvalue weighted by Crippen LogP contribution is 2.23. The van der Waals surface area contributed by atoms with Crippen molar-refractivity contribution in [1.29, 1.82) is 0 Å². The maximum Gasteiger partial charge on any atom is 0.269 e. The number of halogens is 1. The lowest BCUT2D eigenvalue weighted by Gasteiger charge is -2.17. The Hall–Kier alpha value is -2.93. The smallest absolute Gasteiger partial charge is 0.269 e. The lowest BCUT2D eigenvalue weighted by atomic mass is 10.1.